The van der Waals surface area contributed by atoms with Gasteiger partial charge in [-0.3, -0.25) is 34.1 Å². The Labute approximate surface area is 279 Å². The summed E-state index contributed by atoms with van der Waals surface area (Å²) in [6, 6.07) is 0.542. The first-order valence-corrected chi connectivity index (χ1v) is 13.2. The molecule has 0 amide bonds. The maximum atomic E-state index is 12.1. The summed E-state index contributed by atoms with van der Waals surface area (Å²) >= 11 is 0. The molecular weight excluding hydrogens is 718 g/mol. The molecule has 0 saturated heterocycles. The van der Waals surface area contributed by atoms with Gasteiger partial charge in [0.25, 0.3) is 0 Å². The summed E-state index contributed by atoms with van der Waals surface area (Å²) in [6.45, 7) is -0.822. The normalized spacial score (nSPS) is 17.2. The fourth-order valence-corrected chi connectivity index (χ4v) is 4.88. The van der Waals surface area contributed by atoms with Crippen molar-refractivity contribution in [2.45, 2.75) is 69.7 Å². The minimum absolute atomic E-state index is 0. The molecule has 3 unspecified atom stereocenters. The maximum absolute atomic E-state index is 12.1. The minimum atomic E-state index is -1.60. The van der Waals surface area contributed by atoms with E-state index in [1.165, 1.54) is 14.7 Å². The van der Waals surface area contributed by atoms with Crippen molar-refractivity contribution in [3.8, 4) is 0 Å². The number of carboxylic acids is 6. The van der Waals surface area contributed by atoms with Crippen LogP contribution in [-0.2, 0) is 41.9 Å². The number of rotatable bonds is 15. The Morgan fingerprint density at radius 1 is 0.628 bits per heavy atom. The molecule has 3 atom stereocenters. The molecule has 43 heavy (non-hydrogen) atoms. The number of pyridine rings is 1. The number of aliphatic carboxylic acids is 6. The molecule has 0 aromatic carbocycles. The van der Waals surface area contributed by atoms with Gasteiger partial charge in [0.15, 0.2) is 0 Å². The number of aromatic nitrogens is 1. The van der Waals surface area contributed by atoms with E-state index in [0.717, 1.165) is 0 Å². The number of hydrogen-bond acceptors (Lipinski definition) is 13. The van der Waals surface area contributed by atoms with Crippen molar-refractivity contribution in [1.82, 2.24) is 19.7 Å². The first-order chi connectivity index (χ1) is 19.8. The Morgan fingerprint density at radius 3 is 1.23 bits per heavy atom. The van der Waals surface area contributed by atoms with Crippen LogP contribution in [0.2, 0.25) is 0 Å². The van der Waals surface area contributed by atoms with E-state index in [9.17, 15) is 44.1 Å². The monoisotopic (exact) mass is 751 g/mol. The van der Waals surface area contributed by atoms with E-state index >= 15 is 0 Å². The van der Waals surface area contributed by atoms with Crippen LogP contribution in [0.5, 0.6) is 0 Å². The van der Waals surface area contributed by atoms with Crippen molar-refractivity contribution in [1.29, 1.82) is 0 Å². The van der Waals surface area contributed by atoms with Crippen LogP contribution in [0.25, 0.3) is 0 Å². The first-order valence-electron chi connectivity index (χ1n) is 13.2. The van der Waals surface area contributed by atoms with Gasteiger partial charge < -0.3 is 45.0 Å². The predicted octanol–water partition coefficient (Wildman–Crippen LogP) is -4.05. The summed E-state index contributed by atoms with van der Waals surface area (Å²) in [5.74, 6) is -8.41. The second kappa shape index (κ2) is 18.8. The first kappa shape index (κ1) is 38.2. The standard InChI is InChI=1S/C26H36N4O12.Gd/c31-21(32)7-4-18(24(37)38)28-10-12-29(19(25(39)40)5-8-22(33)34)14-16-2-1-3-17(27-16)15-30(13-11-28)20(26(41)42)6-9-23(35)36;/h1-3,18-20H,4-15H2,(H,31,32)(H,33,34)(H,35,36)(H,37,38)(H,39,40)(H,41,42);/p-3. The van der Waals surface area contributed by atoms with Gasteiger partial charge in [-0.1, -0.05) is 6.07 Å². The third-order valence-corrected chi connectivity index (χ3v) is 6.98. The summed E-state index contributed by atoms with van der Waals surface area (Å²) in [6.07, 6.45) is -2.50. The second-order valence-corrected chi connectivity index (χ2v) is 9.90. The number of nitrogens with zero attached hydrogens (tertiary/aromatic N) is 4. The van der Waals surface area contributed by atoms with Crippen molar-refractivity contribution in [2.75, 3.05) is 26.2 Å². The fourth-order valence-electron chi connectivity index (χ4n) is 4.88. The summed E-state index contributed by atoms with van der Waals surface area (Å²) in [5.41, 5.74) is 0.693. The Bertz CT molecular complexity index is 1090. The zero-order chi connectivity index (χ0) is 31.4. The van der Waals surface area contributed by atoms with Crippen LogP contribution in [0, 0.1) is 39.9 Å². The van der Waals surface area contributed by atoms with Crippen LogP contribution >= 0.6 is 0 Å². The van der Waals surface area contributed by atoms with Crippen LogP contribution in [0.1, 0.15) is 49.9 Å². The average Bonchev–Trinajstić information content (AvgIpc) is 2.87. The Balaban J connectivity index is 0.00000924. The smallest absolute Gasteiger partial charge is 0.303 e. The second-order valence-electron chi connectivity index (χ2n) is 9.90. The van der Waals surface area contributed by atoms with E-state index in [2.05, 4.69) is 4.98 Å². The van der Waals surface area contributed by atoms with E-state index in [0.29, 0.717) is 11.4 Å². The van der Waals surface area contributed by atoms with Gasteiger partial charge in [0.1, 0.15) is 0 Å². The molecule has 2 heterocycles. The van der Waals surface area contributed by atoms with Crippen LogP contribution in [0.4, 0.5) is 0 Å². The van der Waals surface area contributed by atoms with E-state index in [1.807, 2.05) is 0 Å². The average molecular weight is 751 g/mol. The van der Waals surface area contributed by atoms with E-state index in [4.69, 9.17) is 15.3 Å². The molecular formula is C26H33GdN4O12-3. The molecule has 1 aromatic rings. The van der Waals surface area contributed by atoms with Gasteiger partial charge in [-0.15, -0.1) is 0 Å². The molecule has 0 saturated carbocycles. The number of fused-ring (bicyclic) bond motifs is 2. The zero-order valence-electron chi connectivity index (χ0n) is 23.1. The largest absolute Gasteiger partial charge is 0.548 e. The molecule has 16 nitrogen and oxygen atoms in total. The van der Waals surface area contributed by atoms with Gasteiger partial charge in [-0.25, -0.2) is 0 Å². The van der Waals surface area contributed by atoms with Crippen LogP contribution < -0.4 is 15.3 Å². The van der Waals surface area contributed by atoms with Gasteiger partial charge in [0.2, 0.25) is 0 Å². The van der Waals surface area contributed by atoms with Gasteiger partial charge in [-0.2, -0.15) is 0 Å². The third kappa shape index (κ3) is 13.1. The molecule has 0 radical (unpaired) electrons. The summed E-state index contributed by atoms with van der Waals surface area (Å²) in [7, 11) is 0. The van der Waals surface area contributed by atoms with Crippen LogP contribution in [0.15, 0.2) is 18.2 Å². The van der Waals surface area contributed by atoms with Crippen molar-refractivity contribution >= 4 is 35.8 Å². The van der Waals surface area contributed by atoms with Crippen molar-refractivity contribution in [3.63, 3.8) is 0 Å². The van der Waals surface area contributed by atoms with Crippen molar-refractivity contribution in [3.05, 3.63) is 29.6 Å². The van der Waals surface area contributed by atoms with E-state index in [-0.39, 0.29) is 98.5 Å². The quantitative estimate of drug-likeness (QED) is 0.154. The molecule has 2 bridgehead atoms. The molecule has 0 aliphatic carbocycles. The van der Waals surface area contributed by atoms with E-state index in [1.54, 1.807) is 18.2 Å². The molecule has 240 valence electrons. The number of carbonyl (C=O) groups excluding carboxylic acids is 3. The molecule has 0 fully saturated rings. The molecule has 0 spiro atoms. The molecule has 1 aliphatic rings. The Kier molecular flexibility index (Phi) is 16.7. The van der Waals surface area contributed by atoms with Gasteiger partial charge in [0.05, 0.1) is 41.4 Å². The van der Waals surface area contributed by atoms with Crippen LogP contribution in [-0.4, -0.2) is 115 Å². The van der Waals surface area contributed by atoms with Gasteiger partial charge in [-0.05, 0) is 31.4 Å². The summed E-state index contributed by atoms with van der Waals surface area (Å²) in [4.78, 5) is 78.3. The minimum Gasteiger partial charge on any atom is -0.548 e. The SMILES string of the molecule is O=C(O)CCC(C(=O)[O-])N1CCN(C(CCC(=O)O)C(=O)[O-])Cc2cccc(n2)CN(C(CCC(=O)O)C(=O)[O-])CC1.[Gd]. The molecule has 17 heteroatoms. The summed E-state index contributed by atoms with van der Waals surface area (Å²) < 4.78 is 0. The molecule has 2 rings (SSSR count). The van der Waals surface area contributed by atoms with Gasteiger partial charge in [0, 0.05) is 105 Å². The number of carbonyl (C=O) groups is 6. The number of carboxylic acid groups (broad SMARTS) is 6. The van der Waals surface area contributed by atoms with E-state index < -0.39 is 73.2 Å². The zero-order valence-corrected chi connectivity index (χ0v) is 25.4. The molecule has 1 aromatic heterocycles. The third-order valence-electron chi connectivity index (χ3n) is 6.98. The fraction of sp³-hybridized carbons (Fsp3) is 0.577. The van der Waals surface area contributed by atoms with Gasteiger partial charge >= 0.3 is 17.9 Å². The number of hydrogen-bond donors (Lipinski definition) is 3. The van der Waals surface area contributed by atoms with Crippen molar-refractivity contribution < 1.29 is 99.3 Å². The Hall–Kier alpha value is -2.83. The van der Waals surface area contributed by atoms with Crippen molar-refractivity contribution in [2.24, 2.45) is 0 Å². The Morgan fingerprint density at radius 2 is 0.930 bits per heavy atom. The topological polar surface area (TPSA) is 255 Å². The maximum Gasteiger partial charge on any atom is 0.303 e. The molecule has 3 N–H and O–H groups in total. The van der Waals surface area contributed by atoms with Crippen LogP contribution in [0.3, 0.4) is 0 Å². The predicted molar refractivity (Wildman–Crippen MR) is 134 cm³/mol. The molecule has 1 aliphatic heterocycles. The summed E-state index contributed by atoms with van der Waals surface area (Å²) in [5, 5.41) is 63.5.